The highest BCUT2D eigenvalue weighted by Gasteiger charge is 2.31. The molecule has 0 spiro atoms. The zero-order chi connectivity index (χ0) is 17.1. The second kappa shape index (κ2) is 7.12. The molecule has 0 aliphatic rings. The van der Waals surface area contributed by atoms with Gasteiger partial charge in [-0.15, -0.1) is 11.3 Å². The zero-order valence-electron chi connectivity index (χ0n) is 13.1. The van der Waals surface area contributed by atoms with Crippen LogP contribution in [-0.2, 0) is 11.3 Å². The summed E-state index contributed by atoms with van der Waals surface area (Å²) in [6.07, 6.45) is 0.164. The second-order valence-corrected chi connectivity index (χ2v) is 6.46. The first-order valence-corrected chi connectivity index (χ1v) is 8.43. The van der Waals surface area contributed by atoms with Crippen LogP contribution in [0.3, 0.4) is 0 Å². The summed E-state index contributed by atoms with van der Waals surface area (Å²) in [5.41, 5.74) is 1.56. The molecule has 0 fully saturated rings. The Bertz CT molecular complexity index is 782. The van der Waals surface area contributed by atoms with Crippen LogP contribution in [0, 0.1) is 0 Å². The molecule has 0 bridgehead atoms. The minimum atomic E-state index is -1.56. The molecule has 2 atom stereocenters. The number of fused-ring (bicyclic) bond motifs is 1. The minimum Gasteiger partial charge on any atom is -0.472 e. The summed E-state index contributed by atoms with van der Waals surface area (Å²) in [5.74, 6) is -0.537. The van der Waals surface area contributed by atoms with Crippen molar-refractivity contribution in [1.82, 2.24) is 9.88 Å². The third-order valence-electron chi connectivity index (χ3n) is 3.76. The van der Waals surface area contributed by atoms with Gasteiger partial charge in [0.2, 0.25) is 0 Å². The molecule has 6 nitrogen and oxygen atoms in total. The van der Waals surface area contributed by atoms with Crippen LogP contribution in [0.1, 0.15) is 23.6 Å². The molecule has 2 N–H and O–H groups in total. The van der Waals surface area contributed by atoms with Crippen LogP contribution in [0.25, 0.3) is 10.2 Å². The number of aliphatic hydroxyl groups excluding tert-OH is 2. The number of thiazole rings is 1. The van der Waals surface area contributed by atoms with E-state index >= 15 is 0 Å². The first-order chi connectivity index (χ1) is 11.6. The van der Waals surface area contributed by atoms with Crippen molar-refractivity contribution in [3.63, 3.8) is 0 Å². The maximum Gasteiger partial charge on any atom is 0.254 e. The Morgan fingerprint density at radius 1 is 1.33 bits per heavy atom. The molecule has 2 heterocycles. The fourth-order valence-corrected chi connectivity index (χ4v) is 3.41. The number of furan rings is 1. The molecule has 0 radical (unpaired) electrons. The average molecular weight is 346 g/mol. The Morgan fingerprint density at radius 3 is 2.79 bits per heavy atom. The molecule has 3 rings (SSSR count). The van der Waals surface area contributed by atoms with Gasteiger partial charge < -0.3 is 19.5 Å². The lowest BCUT2D eigenvalue weighted by molar-refractivity contribution is -0.147. The predicted molar refractivity (Wildman–Crippen MR) is 90.4 cm³/mol. The number of amides is 1. The van der Waals surface area contributed by atoms with E-state index in [-0.39, 0.29) is 0 Å². The molecular formula is C17H18N2O4S. The standard InChI is InChI=1S/C17H18N2O4S/c1-2-19(9-11-7-8-23-10-11)17(22)15(21)14(20)16-18-12-5-3-4-6-13(12)24-16/h3-8,10,14-15,20-21H,2,9H2,1H3/t14-,15-/m0/s1. The Kier molecular flexibility index (Phi) is 4.94. The van der Waals surface area contributed by atoms with Gasteiger partial charge in [-0.1, -0.05) is 12.1 Å². The Hall–Kier alpha value is -2.22. The fraction of sp³-hybridized carbons (Fsp3) is 0.294. The highest BCUT2D eigenvalue weighted by atomic mass is 32.1. The van der Waals surface area contributed by atoms with Gasteiger partial charge in [0.25, 0.3) is 5.91 Å². The molecule has 24 heavy (non-hydrogen) atoms. The zero-order valence-corrected chi connectivity index (χ0v) is 13.9. The van der Waals surface area contributed by atoms with E-state index in [0.29, 0.717) is 18.1 Å². The van der Waals surface area contributed by atoms with E-state index in [1.165, 1.54) is 22.5 Å². The van der Waals surface area contributed by atoms with E-state index in [4.69, 9.17) is 4.42 Å². The van der Waals surface area contributed by atoms with Gasteiger partial charge in [0.1, 0.15) is 11.1 Å². The van der Waals surface area contributed by atoms with Crippen molar-refractivity contribution in [1.29, 1.82) is 0 Å². The summed E-state index contributed by atoms with van der Waals surface area (Å²) in [6, 6.07) is 9.19. The van der Waals surface area contributed by atoms with Gasteiger partial charge in [0.05, 0.1) is 22.7 Å². The number of nitrogens with zero attached hydrogens (tertiary/aromatic N) is 2. The van der Waals surface area contributed by atoms with Gasteiger partial charge in [0.15, 0.2) is 6.10 Å². The lowest BCUT2D eigenvalue weighted by atomic mass is 10.1. The number of aliphatic hydroxyl groups is 2. The van der Waals surface area contributed by atoms with E-state index in [1.54, 1.807) is 12.3 Å². The van der Waals surface area contributed by atoms with E-state index < -0.39 is 18.1 Å². The molecule has 7 heteroatoms. The van der Waals surface area contributed by atoms with Gasteiger partial charge >= 0.3 is 0 Å². The van der Waals surface area contributed by atoms with Gasteiger partial charge in [0, 0.05) is 18.7 Å². The monoisotopic (exact) mass is 346 g/mol. The molecule has 1 aromatic carbocycles. The SMILES string of the molecule is CCN(Cc1ccoc1)C(=O)[C@@H](O)[C@H](O)c1nc2ccccc2s1. The van der Waals surface area contributed by atoms with E-state index in [9.17, 15) is 15.0 Å². The van der Waals surface area contributed by atoms with E-state index in [1.807, 2.05) is 31.2 Å². The fourth-order valence-electron chi connectivity index (χ4n) is 2.42. The van der Waals surface area contributed by atoms with Crippen molar-refractivity contribution in [2.45, 2.75) is 25.7 Å². The van der Waals surface area contributed by atoms with Crippen LogP contribution in [-0.4, -0.2) is 38.7 Å². The predicted octanol–water partition coefficient (Wildman–Crippen LogP) is 2.33. The molecule has 3 aromatic rings. The first kappa shape index (κ1) is 16.6. The van der Waals surface area contributed by atoms with Gasteiger partial charge in [-0.25, -0.2) is 4.98 Å². The van der Waals surface area contributed by atoms with Crippen molar-refractivity contribution in [3.8, 4) is 0 Å². The number of para-hydroxylation sites is 1. The summed E-state index contributed by atoms with van der Waals surface area (Å²) in [7, 11) is 0. The van der Waals surface area contributed by atoms with Crippen molar-refractivity contribution in [2.75, 3.05) is 6.54 Å². The van der Waals surface area contributed by atoms with Crippen LogP contribution >= 0.6 is 11.3 Å². The number of benzene rings is 1. The number of hydrogen-bond acceptors (Lipinski definition) is 6. The quantitative estimate of drug-likeness (QED) is 0.715. The molecule has 0 aliphatic carbocycles. The van der Waals surface area contributed by atoms with Crippen LogP contribution < -0.4 is 0 Å². The van der Waals surface area contributed by atoms with Gasteiger partial charge in [-0.05, 0) is 25.1 Å². The molecule has 1 amide bonds. The number of rotatable bonds is 6. The normalized spacial score (nSPS) is 13.8. The molecular weight excluding hydrogens is 328 g/mol. The van der Waals surface area contributed by atoms with E-state index in [0.717, 1.165) is 15.8 Å². The third kappa shape index (κ3) is 3.33. The molecule has 126 valence electrons. The van der Waals surface area contributed by atoms with Crippen LogP contribution in [0.2, 0.25) is 0 Å². The minimum absolute atomic E-state index is 0.315. The van der Waals surface area contributed by atoms with Gasteiger partial charge in [-0.3, -0.25) is 4.79 Å². The van der Waals surface area contributed by atoms with Crippen LogP contribution in [0.15, 0.2) is 47.3 Å². The molecule has 0 unspecified atom stereocenters. The second-order valence-electron chi connectivity index (χ2n) is 5.39. The summed E-state index contributed by atoms with van der Waals surface area (Å²) in [6.45, 7) is 2.54. The molecule has 2 aromatic heterocycles. The maximum absolute atomic E-state index is 12.5. The smallest absolute Gasteiger partial charge is 0.254 e. The number of hydrogen-bond donors (Lipinski definition) is 2. The average Bonchev–Trinajstić information content (AvgIpc) is 3.26. The molecule has 0 saturated carbocycles. The highest BCUT2D eigenvalue weighted by Crippen LogP contribution is 2.28. The van der Waals surface area contributed by atoms with Crippen molar-refractivity contribution in [3.05, 3.63) is 53.4 Å². The van der Waals surface area contributed by atoms with Crippen molar-refractivity contribution < 1.29 is 19.4 Å². The number of carbonyl (C=O) groups is 1. The lowest BCUT2D eigenvalue weighted by Crippen LogP contribution is -2.41. The third-order valence-corrected chi connectivity index (χ3v) is 4.87. The summed E-state index contributed by atoms with van der Waals surface area (Å²) < 4.78 is 5.89. The largest absolute Gasteiger partial charge is 0.472 e. The van der Waals surface area contributed by atoms with Crippen molar-refractivity contribution >= 4 is 27.5 Å². The first-order valence-electron chi connectivity index (χ1n) is 7.61. The molecule has 0 saturated heterocycles. The van der Waals surface area contributed by atoms with E-state index in [2.05, 4.69) is 4.98 Å². The summed E-state index contributed by atoms with van der Waals surface area (Å²) >= 11 is 1.27. The lowest BCUT2D eigenvalue weighted by Gasteiger charge is -2.25. The summed E-state index contributed by atoms with van der Waals surface area (Å²) in [4.78, 5) is 18.3. The topological polar surface area (TPSA) is 86.8 Å². The van der Waals surface area contributed by atoms with Crippen molar-refractivity contribution in [2.24, 2.45) is 0 Å². The number of carbonyl (C=O) groups excluding carboxylic acids is 1. The Balaban J connectivity index is 1.75. The number of likely N-dealkylation sites (N-methyl/N-ethyl adjacent to an activating group) is 1. The molecule has 0 aliphatic heterocycles. The van der Waals surface area contributed by atoms with Crippen LogP contribution in [0.4, 0.5) is 0 Å². The Labute approximate surface area is 143 Å². The summed E-state index contributed by atoms with van der Waals surface area (Å²) in [5, 5.41) is 21.0. The highest BCUT2D eigenvalue weighted by molar-refractivity contribution is 7.18. The van der Waals surface area contributed by atoms with Gasteiger partial charge in [-0.2, -0.15) is 0 Å². The maximum atomic E-state index is 12.5. The number of aromatic nitrogens is 1. The van der Waals surface area contributed by atoms with Crippen LogP contribution in [0.5, 0.6) is 0 Å². The Morgan fingerprint density at radius 2 is 2.12 bits per heavy atom.